The van der Waals surface area contributed by atoms with Crippen LogP contribution in [0.4, 0.5) is 0 Å². The molecule has 4 N–H and O–H groups in total. The van der Waals surface area contributed by atoms with Gasteiger partial charge in [0.15, 0.2) is 0 Å². The number of H-pyrrole nitrogens is 2. The number of hydrogen-bond acceptors (Lipinski definition) is 5. The Balaban J connectivity index is 1.27. The van der Waals surface area contributed by atoms with Crippen LogP contribution < -0.4 is 10.6 Å². The summed E-state index contributed by atoms with van der Waals surface area (Å²) in [6, 6.07) is 16.1. The lowest BCUT2D eigenvalue weighted by molar-refractivity contribution is 0.0937. The predicted molar refractivity (Wildman–Crippen MR) is 128 cm³/mol. The van der Waals surface area contributed by atoms with Crippen LogP contribution >= 0.6 is 0 Å². The van der Waals surface area contributed by atoms with Crippen molar-refractivity contribution in [3.63, 3.8) is 0 Å². The summed E-state index contributed by atoms with van der Waals surface area (Å²) in [6.45, 7) is 3.68. The van der Waals surface area contributed by atoms with Gasteiger partial charge in [-0.05, 0) is 44.2 Å². The highest BCUT2D eigenvalue weighted by Gasteiger charge is 2.19. The van der Waals surface area contributed by atoms with Gasteiger partial charge in [-0.1, -0.05) is 24.3 Å². The van der Waals surface area contributed by atoms with Crippen LogP contribution in [-0.2, 0) is 0 Å². The van der Waals surface area contributed by atoms with E-state index in [4.69, 9.17) is 0 Å². The molecule has 170 valence electrons. The van der Waals surface area contributed by atoms with E-state index >= 15 is 0 Å². The van der Waals surface area contributed by atoms with Crippen molar-refractivity contribution in [2.45, 2.75) is 25.9 Å². The van der Waals surface area contributed by atoms with Crippen molar-refractivity contribution in [2.75, 3.05) is 0 Å². The lowest BCUT2D eigenvalue weighted by Gasteiger charge is -2.13. The first-order chi connectivity index (χ1) is 16.5. The van der Waals surface area contributed by atoms with Gasteiger partial charge in [0.25, 0.3) is 11.8 Å². The van der Waals surface area contributed by atoms with Gasteiger partial charge in [-0.25, -0.2) is 9.97 Å². The first kappa shape index (κ1) is 21.3. The molecule has 0 saturated carbocycles. The third kappa shape index (κ3) is 4.23. The Morgan fingerprint density at radius 3 is 1.62 bits per heavy atom. The Hall–Kier alpha value is -4.53. The number of aromatic nitrogens is 5. The molecule has 0 saturated heterocycles. The Bertz CT molecular complexity index is 1330. The van der Waals surface area contributed by atoms with E-state index < -0.39 is 0 Å². The molecule has 5 aromatic rings. The van der Waals surface area contributed by atoms with Gasteiger partial charge in [0.1, 0.15) is 11.6 Å². The Morgan fingerprint density at radius 2 is 1.18 bits per heavy atom. The number of aromatic amines is 2. The molecular weight excluding hydrogens is 430 g/mol. The highest BCUT2D eigenvalue weighted by molar-refractivity contribution is 5.99. The van der Waals surface area contributed by atoms with Crippen molar-refractivity contribution < 1.29 is 9.59 Å². The second-order valence-electron chi connectivity index (χ2n) is 8.13. The Kier molecular flexibility index (Phi) is 5.51. The van der Waals surface area contributed by atoms with Gasteiger partial charge in [-0.3, -0.25) is 14.6 Å². The summed E-state index contributed by atoms with van der Waals surface area (Å²) in [4.78, 5) is 45.2. The number of carbonyl (C=O) groups excluding carboxylic acids is 2. The van der Waals surface area contributed by atoms with Crippen LogP contribution in [0.15, 0.2) is 67.0 Å². The molecule has 0 unspecified atom stereocenters. The zero-order chi connectivity index (χ0) is 23.7. The molecule has 3 heterocycles. The van der Waals surface area contributed by atoms with Gasteiger partial charge in [-0.2, -0.15) is 0 Å². The highest BCUT2D eigenvalue weighted by atomic mass is 16.2. The summed E-state index contributed by atoms with van der Waals surface area (Å²) < 4.78 is 0. The summed E-state index contributed by atoms with van der Waals surface area (Å²) in [5.41, 5.74) is 4.03. The lowest BCUT2D eigenvalue weighted by Crippen LogP contribution is -2.29. The number of carbonyl (C=O) groups is 2. The van der Waals surface area contributed by atoms with Gasteiger partial charge >= 0.3 is 0 Å². The van der Waals surface area contributed by atoms with E-state index in [-0.39, 0.29) is 35.0 Å². The second-order valence-corrected chi connectivity index (χ2v) is 8.13. The Labute approximate surface area is 195 Å². The number of nitrogens with zero attached hydrogens (tertiary/aromatic N) is 3. The summed E-state index contributed by atoms with van der Waals surface area (Å²) in [5, 5.41) is 5.80. The molecule has 0 bridgehead atoms. The third-order valence-electron chi connectivity index (χ3n) is 5.59. The number of pyridine rings is 1. The SMILES string of the molecule is C[C@H](NC(=O)c1cncc(C(=O)N[C@@H](C)c2nc3ccccc3[nH]2)c1)c1nc2ccccc2[nH]1. The van der Waals surface area contributed by atoms with Gasteiger partial charge in [0.2, 0.25) is 0 Å². The minimum atomic E-state index is -0.356. The minimum absolute atomic E-state index is 0.284. The molecule has 0 aliphatic carbocycles. The fourth-order valence-electron chi connectivity index (χ4n) is 3.74. The molecule has 9 heteroatoms. The average Bonchev–Trinajstić information content (AvgIpc) is 3.48. The van der Waals surface area contributed by atoms with Crippen molar-refractivity contribution in [3.8, 4) is 0 Å². The number of para-hydroxylation sites is 4. The normalized spacial score (nSPS) is 13.0. The average molecular weight is 454 g/mol. The molecule has 2 aromatic carbocycles. The van der Waals surface area contributed by atoms with E-state index in [1.807, 2.05) is 62.4 Å². The van der Waals surface area contributed by atoms with Crippen LogP contribution in [0, 0.1) is 0 Å². The fraction of sp³-hybridized carbons (Fsp3) is 0.160. The van der Waals surface area contributed by atoms with Gasteiger partial charge < -0.3 is 20.6 Å². The van der Waals surface area contributed by atoms with Gasteiger partial charge in [0, 0.05) is 12.4 Å². The van der Waals surface area contributed by atoms with Crippen molar-refractivity contribution in [2.24, 2.45) is 0 Å². The summed E-state index contributed by atoms with van der Waals surface area (Å²) in [7, 11) is 0. The first-order valence-corrected chi connectivity index (χ1v) is 10.9. The first-order valence-electron chi connectivity index (χ1n) is 10.9. The maximum absolute atomic E-state index is 12.8. The van der Waals surface area contributed by atoms with E-state index in [1.54, 1.807) is 0 Å². The highest BCUT2D eigenvalue weighted by Crippen LogP contribution is 2.18. The predicted octanol–water partition coefficient (Wildman–Crippen LogP) is 3.82. The molecule has 3 aromatic heterocycles. The third-order valence-corrected chi connectivity index (χ3v) is 5.59. The standard InChI is InChI=1S/C25H23N7O2/c1-14(22-29-18-7-3-4-8-19(18)30-22)27-24(33)16-11-17(13-26-12-16)25(34)28-15(2)23-31-20-9-5-6-10-21(20)32-23/h3-15H,1-2H3,(H,27,33)(H,28,34)(H,29,30)(H,31,32)/t14-,15-/m0/s1. The smallest absolute Gasteiger partial charge is 0.253 e. The van der Waals surface area contributed by atoms with E-state index in [9.17, 15) is 9.59 Å². The van der Waals surface area contributed by atoms with E-state index in [0.29, 0.717) is 11.6 Å². The van der Waals surface area contributed by atoms with Gasteiger partial charge in [0.05, 0.1) is 45.3 Å². The quantitative estimate of drug-likeness (QED) is 0.311. The van der Waals surface area contributed by atoms with Gasteiger partial charge in [-0.15, -0.1) is 0 Å². The molecule has 0 fully saturated rings. The van der Waals surface area contributed by atoms with Crippen LogP contribution in [-0.4, -0.2) is 36.7 Å². The van der Waals surface area contributed by atoms with Crippen LogP contribution in [0.2, 0.25) is 0 Å². The number of benzene rings is 2. The zero-order valence-electron chi connectivity index (χ0n) is 18.7. The number of fused-ring (bicyclic) bond motifs is 2. The molecule has 2 atom stereocenters. The molecule has 0 aliphatic heterocycles. The molecule has 0 spiro atoms. The molecule has 0 aliphatic rings. The van der Waals surface area contributed by atoms with Crippen molar-refractivity contribution >= 4 is 33.9 Å². The monoisotopic (exact) mass is 453 g/mol. The largest absolute Gasteiger partial charge is 0.342 e. The van der Waals surface area contributed by atoms with Crippen molar-refractivity contribution in [1.82, 2.24) is 35.6 Å². The van der Waals surface area contributed by atoms with E-state index in [2.05, 4.69) is 35.6 Å². The van der Waals surface area contributed by atoms with Crippen molar-refractivity contribution in [1.29, 1.82) is 0 Å². The molecule has 0 radical (unpaired) electrons. The number of imidazole rings is 2. The summed E-state index contributed by atoms with van der Waals surface area (Å²) in [5.74, 6) is 0.605. The fourth-order valence-corrected chi connectivity index (χ4v) is 3.74. The Morgan fingerprint density at radius 1 is 0.735 bits per heavy atom. The van der Waals surface area contributed by atoms with Crippen LogP contribution in [0.25, 0.3) is 22.1 Å². The number of amides is 2. The van der Waals surface area contributed by atoms with E-state index in [1.165, 1.54) is 18.5 Å². The number of nitrogens with one attached hydrogen (secondary N) is 4. The molecular formula is C25H23N7O2. The maximum Gasteiger partial charge on any atom is 0.253 e. The topological polar surface area (TPSA) is 128 Å². The minimum Gasteiger partial charge on any atom is -0.342 e. The molecule has 5 rings (SSSR count). The zero-order valence-corrected chi connectivity index (χ0v) is 18.7. The van der Waals surface area contributed by atoms with E-state index in [0.717, 1.165) is 22.1 Å². The number of hydrogen-bond donors (Lipinski definition) is 4. The molecule has 9 nitrogen and oxygen atoms in total. The summed E-state index contributed by atoms with van der Waals surface area (Å²) >= 11 is 0. The summed E-state index contributed by atoms with van der Waals surface area (Å²) in [6.07, 6.45) is 2.86. The molecule has 34 heavy (non-hydrogen) atoms. The lowest BCUT2D eigenvalue weighted by atomic mass is 10.1. The maximum atomic E-state index is 12.8. The van der Waals surface area contributed by atoms with Crippen LogP contribution in [0.1, 0.15) is 58.3 Å². The van der Waals surface area contributed by atoms with Crippen LogP contribution in [0.3, 0.4) is 0 Å². The van der Waals surface area contributed by atoms with Crippen LogP contribution in [0.5, 0.6) is 0 Å². The van der Waals surface area contributed by atoms with Crippen molar-refractivity contribution in [3.05, 3.63) is 89.8 Å². The molecule has 2 amide bonds. The second kappa shape index (κ2) is 8.78. The number of rotatable bonds is 6.